The molecule has 13 heteroatoms. The summed E-state index contributed by atoms with van der Waals surface area (Å²) in [6.07, 6.45) is 9.14. The number of hydrogen-bond acceptors (Lipinski definition) is 6. The molecule has 2 aromatic carbocycles. The van der Waals surface area contributed by atoms with Gasteiger partial charge in [0, 0.05) is 50.4 Å². The molecule has 1 aliphatic carbocycles. The van der Waals surface area contributed by atoms with E-state index in [1.54, 1.807) is 31.0 Å². The fraction of sp³-hybridized carbons (Fsp3) is 0.541. The number of aromatic nitrogens is 4. The molecule has 4 heterocycles. The summed E-state index contributed by atoms with van der Waals surface area (Å²) in [5.41, 5.74) is 2.31. The maximum Gasteiger partial charge on any atom is 0.245 e. The molecule has 0 bridgehead atoms. The Bertz CT molecular complexity index is 1890. The van der Waals surface area contributed by atoms with Crippen LogP contribution in [0.25, 0.3) is 33.7 Å². The van der Waals surface area contributed by atoms with Gasteiger partial charge in [-0.15, -0.1) is 0 Å². The molecule has 4 aromatic rings. The van der Waals surface area contributed by atoms with Gasteiger partial charge in [0.1, 0.15) is 17.7 Å². The second kappa shape index (κ2) is 14.5. The molecule has 3 unspecified atom stereocenters. The highest BCUT2D eigenvalue weighted by Crippen LogP contribution is 2.34. The summed E-state index contributed by atoms with van der Waals surface area (Å²) in [7, 11) is 1.73. The van der Waals surface area contributed by atoms with E-state index in [-0.39, 0.29) is 29.8 Å². The highest BCUT2D eigenvalue weighted by Gasteiger charge is 2.39. The van der Waals surface area contributed by atoms with Crippen molar-refractivity contribution in [3.63, 3.8) is 0 Å². The van der Waals surface area contributed by atoms with Crippen LogP contribution >= 0.6 is 0 Å². The van der Waals surface area contributed by atoms with Gasteiger partial charge in [0.05, 0.1) is 28.1 Å². The third-order valence-electron chi connectivity index (χ3n) is 11.1. The van der Waals surface area contributed by atoms with Gasteiger partial charge in [-0.3, -0.25) is 14.4 Å². The maximum absolute atomic E-state index is 14.6. The highest BCUT2D eigenvalue weighted by atomic mass is 19.1. The maximum atomic E-state index is 14.6. The van der Waals surface area contributed by atoms with Gasteiger partial charge in [-0.05, 0) is 82.7 Å². The predicted octanol–water partition coefficient (Wildman–Crippen LogP) is 4.62. The number of benzene rings is 2. The molecular formula is C37H46F2N8O3. The van der Waals surface area contributed by atoms with Crippen molar-refractivity contribution in [3.8, 4) is 11.6 Å². The molecule has 11 nitrogen and oxygen atoms in total. The van der Waals surface area contributed by atoms with Crippen LogP contribution in [-0.4, -0.2) is 91.4 Å². The standard InChI is InChI=1S/C37H46F2N8O3/c1-23(40-2)36(49)43-33(24-8-4-3-5-9-24)37(50)45-17-7-11-28(45)21-47-32-15-13-26(39)19-30(32)42-35(47)34-41-29-18-25(38)12-14-31(29)46(34)20-27-10-6-16-44(27)22-48/h12-15,18-19,22-24,27-28,33,40H,3-11,16-17,20-21H2,1-2H3,(H,43,49)/t23-,27?,28?,33?/m1/s1. The molecule has 50 heavy (non-hydrogen) atoms. The van der Waals surface area contributed by atoms with Crippen molar-refractivity contribution >= 4 is 40.3 Å². The third-order valence-corrected chi connectivity index (χ3v) is 11.1. The fourth-order valence-electron chi connectivity index (χ4n) is 8.28. The minimum absolute atomic E-state index is 0.0639. The number of halogens is 2. The van der Waals surface area contributed by atoms with E-state index >= 15 is 0 Å². The zero-order chi connectivity index (χ0) is 34.9. The van der Waals surface area contributed by atoms with Gasteiger partial charge in [0.2, 0.25) is 18.2 Å². The van der Waals surface area contributed by atoms with Gasteiger partial charge in [-0.25, -0.2) is 18.7 Å². The number of nitrogens with one attached hydrogen (secondary N) is 2. The van der Waals surface area contributed by atoms with E-state index in [0.717, 1.165) is 64.2 Å². The average Bonchev–Trinajstić information content (AvgIpc) is 3.92. The average molecular weight is 689 g/mol. The van der Waals surface area contributed by atoms with Gasteiger partial charge in [-0.2, -0.15) is 0 Å². The number of nitrogens with zero attached hydrogens (tertiary/aromatic N) is 6. The van der Waals surface area contributed by atoms with Gasteiger partial charge < -0.3 is 29.6 Å². The van der Waals surface area contributed by atoms with Crippen LogP contribution in [0.3, 0.4) is 0 Å². The lowest BCUT2D eigenvalue weighted by Crippen LogP contribution is -2.56. The lowest BCUT2D eigenvalue weighted by atomic mass is 9.83. The number of hydrogen-bond donors (Lipinski definition) is 2. The van der Waals surface area contributed by atoms with Crippen molar-refractivity contribution in [3.05, 3.63) is 48.0 Å². The number of imidazole rings is 2. The molecule has 0 spiro atoms. The molecule has 7 rings (SSSR count). The summed E-state index contributed by atoms with van der Waals surface area (Å²) in [5.74, 6) is -0.0463. The summed E-state index contributed by atoms with van der Waals surface area (Å²) >= 11 is 0. The zero-order valence-corrected chi connectivity index (χ0v) is 28.8. The number of likely N-dealkylation sites (tertiary alicyclic amines) is 2. The summed E-state index contributed by atoms with van der Waals surface area (Å²) in [4.78, 5) is 53.0. The number of amides is 3. The van der Waals surface area contributed by atoms with E-state index < -0.39 is 23.7 Å². The molecular weight excluding hydrogens is 642 g/mol. The first kappa shape index (κ1) is 34.1. The molecule has 4 atom stereocenters. The first-order valence-electron chi connectivity index (χ1n) is 18.1. The van der Waals surface area contributed by atoms with Crippen molar-refractivity contribution in [2.24, 2.45) is 5.92 Å². The monoisotopic (exact) mass is 688 g/mol. The Kier molecular flexibility index (Phi) is 9.85. The van der Waals surface area contributed by atoms with Gasteiger partial charge >= 0.3 is 0 Å². The van der Waals surface area contributed by atoms with Crippen molar-refractivity contribution in [2.75, 3.05) is 20.1 Å². The van der Waals surface area contributed by atoms with E-state index in [1.807, 2.05) is 14.0 Å². The molecule has 2 aromatic heterocycles. The van der Waals surface area contributed by atoms with Crippen LogP contribution in [0, 0.1) is 17.6 Å². The molecule has 3 aliphatic rings. The van der Waals surface area contributed by atoms with E-state index in [2.05, 4.69) is 10.6 Å². The molecule has 266 valence electrons. The largest absolute Gasteiger partial charge is 0.343 e. The van der Waals surface area contributed by atoms with Gasteiger partial charge in [-0.1, -0.05) is 19.3 Å². The minimum atomic E-state index is -0.612. The van der Waals surface area contributed by atoms with Crippen molar-refractivity contribution in [2.45, 2.75) is 102 Å². The van der Waals surface area contributed by atoms with Crippen molar-refractivity contribution < 1.29 is 23.2 Å². The first-order chi connectivity index (χ1) is 24.2. The van der Waals surface area contributed by atoms with Crippen LogP contribution in [0.4, 0.5) is 8.78 Å². The Morgan fingerprint density at radius 1 is 0.840 bits per heavy atom. The smallest absolute Gasteiger partial charge is 0.245 e. The van der Waals surface area contributed by atoms with Crippen LogP contribution in [0.15, 0.2) is 36.4 Å². The van der Waals surface area contributed by atoms with E-state index in [4.69, 9.17) is 9.97 Å². The Morgan fingerprint density at radius 3 is 2.02 bits per heavy atom. The predicted molar refractivity (Wildman–Crippen MR) is 186 cm³/mol. The quantitative estimate of drug-likeness (QED) is 0.222. The molecule has 2 N–H and O–H groups in total. The van der Waals surface area contributed by atoms with Gasteiger partial charge in [0.15, 0.2) is 11.6 Å². The summed E-state index contributed by atoms with van der Waals surface area (Å²) in [5, 5.41) is 6.10. The molecule has 2 aliphatic heterocycles. The second-order valence-electron chi connectivity index (χ2n) is 14.2. The second-order valence-corrected chi connectivity index (χ2v) is 14.2. The van der Waals surface area contributed by atoms with Crippen LogP contribution in [0.1, 0.15) is 64.7 Å². The highest BCUT2D eigenvalue weighted by molar-refractivity contribution is 5.90. The number of rotatable bonds is 11. The van der Waals surface area contributed by atoms with Crippen molar-refractivity contribution in [1.29, 1.82) is 0 Å². The lowest BCUT2D eigenvalue weighted by Gasteiger charge is -2.35. The zero-order valence-electron chi connectivity index (χ0n) is 28.8. The Morgan fingerprint density at radius 2 is 1.42 bits per heavy atom. The van der Waals surface area contributed by atoms with E-state index in [9.17, 15) is 23.2 Å². The molecule has 2 saturated heterocycles. The van der Waals surface area contributed by atoms with E-state index in [1.165, 1.54) is 24.3 Å². The SMILES string of the molecule is CN[C@H](C)C(=O)NC(C(=O)N1CCCC1Cn1c(-c2nc3cc(F)ccc3n2CC2CCCN2C=O)nc2cc(F)ccc21)C1CCCCC1. The molecule has 3 fully saturated rings. The fourth-order valence-corrected chi connectivity index (χ4v) is 8.28. The lowest BCUT2D eigenvalue weighted by molar-refractivity contribution is -0.139. The normalized spacial score (nSPS) is 21.3. The third kappa shape index (κ3) is 6.59. The topological polar surface area (TPSA) is 117 Å². The van der Waals surface area contributed by atoms with Crippen LogP contribution in [-0.2, 0) is 27.5 Å². The number of carbonyl (C=O) groups excluding carboxylic acids is 3. The van der Waals surface area contributed by atoms with Crippen LogP contribution in [0.5, 0.6) is 0 Å². The first-order valence-corrected chi connectivity index (χ1v) is 18.1. The van der Waals surface area contributed by atoms with Crippen molar-refractivity contribution in [1.82, 2.24) is 39.5 Å². The number of likely N-dealkylation sites (N-methyl/N-ethyl adjacent to an activating group) is 1. The molecule has 1 saturated carbocycles. The van der Waals surface area contributed by atoms with Crippen LogP contribution in [0.2, 0.25) is 0 Å². The Labute approximate surface area is 290 Å². The summed E-state index contributed by atoms with van der Waals surface area (Å²) in [6.45, 7) is 3.85. The summed E-state index contributed by atoms with van der Waals surface area (Å²) < 4.78 is 33.1. The molecule has 0 radical (unpaired) electrons. The molecule has 3 amide bonds. The van der Waals surface area contributed by atoms with Gasteiger partial charge in [0.25, 0.3) is 0 Å². The van der Waals surface area contributed by atoms with Crippen LogP contribution < -0.4 is 10.6 Å². The number of fused-ring (bicyclic) bond motifs is 2. The van der Waals surface area contributed by atoms with E-state index in [0.29, 0.717) is 59.9 Å². The minimum Gasteiger partial charge on any atom is -0.343 e. The Hall–Kier alpha value is -4.39. The number of carbonyl (C=O) groups is 3. The Balaban J connectivity index is 1.27. The summed E-state index contributed by atoms with van der Waals surface area (Å²) in [6, 6.07) is 7.66.